The molecule has 1 aromatic carbocycles. The van der Waals surface area contributed by atoms with E-state index in [0.29, 0.717) is 0 Å². The van der Waals surface area contributed by atoms with Crippen molar-refractivity contribution in [3.8, 4) is 22.8 Å². The largest absolute Gasteiger partial charge is 0.502 e. The zero-order chi connectivity index (χ0) is 13.3. The van der Waals surface area contributed by atoms with Crippen molar-refractivity contribution in [2.24, 2.45) is 0 Å². The van der Waals surface area contributed by atoms with Crippen LogP contribution in [0.1, 0.15) is 10.5 Å². The number of carboxylic acid groups (broad SMARTS) is 1. The van der Waals surface area contributed by atoms with Gasteiger partial charge in [-0.1, -0.05) is 0 Å². The van der Waals surface area contributed by atoms with Gasteiger partial charge in [0.25, 0.3) is 0 Å². The molecule has 3 N–H and O–H groups in total. The second kappa shape index (κ2) is 4.36. The number of halogens is 1. The third-order valence-corrected chi connectivity index (χ3v) is 2.38. The summed E-state index contributed by atoms with van der Waals surface area (Å²) < 4.78 is 18.6. The number of phenols is 1. The Morgan fingerprint density at radius 2 is 2.22 bits per heavy atom. The molecule has 6 nitrogen and oxygen atoms in total. The van der Waals surface area contributed by atoms with Crippen molar-refractivity contribution in [1.29, 1.82) is 0 Å². The summed E-state index contributed by atoms with van der Waals surface area (Å²) in [5, 5.41) is 24.1. The number of benzene rings is 1. The van der Waals surface area contributed by atoms with Crippen molar-refractivity contribution in [3.05, 3.63) is 29.7 Å². The zero-order valence-electron chi connectivity index (χ0n) is 9.27. The normalized spacial score (nSPS) is 10.3. The topological polar surface area (TPSA) is 95.4 Å². The standard InChI is InChI=1S/C11H9FN2O4/c1-18-8-3-2-5(9(12)10(8)15)6-4-7(11(16)17)14-13-6/h2-4,15H,1H3,(H,13,14)(H,16,17). The number of H-pyrrole nitrogens is 1. The molecule has 0 aliphatic heterocycles. The first-order valence-corrected chi connectivity index (χ1v) is 4.89. The molecule has 7 heteroatoms. The Morgan fingerprint density at radius 1 is 1.50 bits per heavy atom. The van der Waals surface area contributed by atoms with E-state index in [2.05, 4.69) is 10.2 Å². The van der Waals surface area contributed by atoms with Gasteiger partial charge in [-0.25, -0.2) is 9.18 Å². The van der Waals surface area contributed by atoms with Crippen molar-refractivity contribution >= 4 is 5.97 Å². The minimum absolute atomic E-state index is 0.00903. The number of rotatable bonds is 3. The molecule has 18 heavy (non-hydrogen) atoms. The number of ether oxygens (including phenoxy) is 1. The molecule has 94 valence electrons. The Kier molecular flexibility index (Phi) is 2.88. The van der Waals surface area contributed by atoms with E-state index < -0.39 is 17.5 Å². The quantitative estimate of drug-likeness (QED) is 0.771. The first-order chi connectivity index (χ1) is 8.54. The molecule has 0 aliphatic rings. The predicted molar refractivity (Wildman–Crippen MR) is 59.2 cm³/mol. The van der Waals surface area contributed by atoms with E-state index in [4.69, 9.17) is 9.84 Å². The van der Waals surface area contributed by atoms with Crippen LogP contribution in [0.2, 0.25) is 0 Å². The van der Waals surface area contributed by atoms with Gasteiger partial charge in [0.2, 0.25) is 0 Å². The monoisotopic (exact) mass is 252 g/mol. The van der Waals surface area contributed by atoms with Gasteiger partial charge in [-0.05, 0) is 18.2 Å². The summed E-state index contributed by atoms with van der Waals surface area (Å²) in [6, 6.07) is 3.88. The number of aromatic amines is 1. The maximum Gasteiger partial charge on any atom is 0.353 e. The van der Waals surface area contributed by atoms with Crippen LogP contribution >= 0.6 is 0 Å². The molecule has 0 saturated heterocycles. The van der Waals surface area contributed by atoms with Gasteiger partial charge in [-0.2, -0.15) is 5.10 Å². The van der Waals surface area contributed by atoms with Gasteiger partial charge in [0.15, 0.2) is 17.3 Å². The molecule has 0 aliphatic carbocycles. The average Bonchev–Trinajstić information content (AvgIpc) is 2.82. The predicted octanol–water partition coefficient (Wildman–Crippen LogP) is 1.63. The summed E-state index contributed by atoms with van der Waals surface area (Å²) in [5.74, 6) is -2.77. The summed E-state index contributed by atoms with van der Waals surface area (Å²) in [5.41, 5.74) is -0.0976. The van der Waals surface area contributed by atoms with Crippen molar-refractivity contribution < 1.29 is 24.1 Å². The number of aromatic carboxylic acids is 1. The number of aromatic hydroxyl groups is 1. The van der Waals surface area contributed by atoms with Crippen molar-refractivity contribution in [3.63, 3.8) is 0 Å². The van der Waals surface area contributed by atoms with Crippen LogP contribution in [-0.4, -0.2) is 33.5 Å². The summed E-state index contributed by atoms with van der Waals surface area (Å²) in [7, 11) is 1.30. The van der Waals surface area contributed by atoms with E-state index in [1.54, 1.807) is 0 Å². The second-order valence-corrected chi connectivity index (χ2v) is 3.45. The lowest BCUT2D eigenvalue weighted by Crippen LogP contribution is -1.95. The van der Waals surface area contributed by atoms with E-state index in [-0.39, 0.29) is 22.7 Å². The fraction of sp³-hybridized carbons (Fsp3) is 0.0909. The average molecular weight is 252 g/mol. The van der Waals surface area contributed by atoms with Crippen molar-refractivity contribution in [1.82, 2.24) is 10.2 Å². The highest BCUT2D eigenvalue weighted by Crippen LogP contribution is 2.35. The minimum atomic E-state index is -1.20. The SMILES string of the molecule is COc1ccc(-c2cc(C(=O)O)[nH]n2)c(F)c1O. The Labute approximate surface area is 101 Å². The molecule has 2 rings (SSSR count). The highest BCUT2D eigenvalue weighted by Gasteiger charge is 2.17. The molecule has 0 atom stereocenters. The summed E-state index contributed by atoms with van der Waals surface area (Å²) in [6.07, 6.45) is 0. The van der Waals surface area contributed by atoms with Gasteiger partial charge in [-0.3, -0.25) is 5.10 Å². The zero-order valence-corrected chi connectivity index (χ0v) is 9.27. The third-order valence-electron chi connectivity index (χ3n) is 2.38. The number of nitrogens with one attached hydrogen (secondary N) is 1. The molecule has 0 unspecified atom stereocenters. The molecule has 1 aromatic heterocycles. The molecule has 0 fully saturated rings. The van der Waals surface area contributed by atoms with Crippen LogP contribution in [0.3, 0.4) is 0 Å². The Balaban J connectivity index is 2.50. The van der Waals surface area contributed by atoms with Gasteiger partial charge in [0.1, 0.15) is 5.69 Å². The maximum absolute atomic E-state index is 13.8. The second-order valence-electron chi connectivity index (χ2n) is 3.45. The highest BCUT2D eigenvalue weighted by molar-refractivity contribution is 5.87. The number of hydrogen-bond donors (Lipinski definition) is 3. The van der Waals surface area contributed by atoms with E-state index in [9.17, 15) is 14.3 Å². The number of carbonyl (C=O) groups is 1. The summed E-state index contributed by atoms with van der Waals surface area (Å²) >= 11 is 0. The van der Waals surface area contributed by atoms with Gasteiger partial charge in [-0.15, -0.1) is 0 Å². The van der Waals surface area contributed by atoms with Crippen molar-refractivity contribution in [2.45, 2.75) is 0 Å². The van der Waals surface area contributed by atoms with Crippen LogP contribution in [0.15, 0.2) is 18.2 Å². The first kappa shape index (κ1) is 11.9. The summed E-state index contributed by atoms with van der Waals surface area (Å²) in [4.78, 5) is 10.7. The number of carboxylic acids is 1. The minimum Gasteiger partial charge on any atom is -0.502 e. The van der Waals surface area contributed by atoms with Gasteiger partial charge >= 0.3 is 5.97 Å². The van der Waals surface area contributed by atoms with E-state index in [0.717, 1.165) is 0 Å². The maximum atomic E-state index is 13.8. The molecule has 2 aromatic rings. The van der Waals surface area contributed by atoms with Crippen LogP contribution < -0.4 is 4.74 Å². The lowest BCUT2D eigenvalue weighted by molar-refractivity contribution is 0.0690. The van der Waals surface area contributed by atoms with Crippen LogP contribution in [0.5, 0.6) is 11.5 Å². The van der Waals surface area contributed by atoms with Crippen LogP contribution in [-0.2, 0) is 0 Å². The lowest BCUT2D eigenvalue weighted by atomic mass is 10.1. The number of methoxy groups -OCH3 is 1. The van der Waals surface area contributed by atoms with Gasteiger partial charge < -0.3 is 14.9 Å². The van der Waals surface area contributed by atoms with Crippen LogP contribution in [0, 0.1) is 5.82 Å². The molecule has 0 saturated carbocycles. The van der Waals surface area contributed by atoms with E-state index in [1.807, 2.05) is 0 Å². The molecule has 0 spiro atoms. The molecular formula is C11H9FN2O4. The highest BCUT2D eigenvalue weighted by atomic mass is 19.1. The smallest absolute Gasteiger partial charge is 0.353 e. The fourth-order valence-corrected chi connectivity index (χ4v) is 1.48. The van der Waals surface area contributed by atoms with Crippen LogP contribution in [0.25, 0.3) is 11.3 Å². The van der Waals surface area contributed by atoms with E-state index in [1.165, 1.54) is 25.3 Å². The molecule has 0 amide bonds. The molecule has 0 radical (unpaired) electrons. The summed E-state index contributed by atoms with van der Waals surface area (Å²) in [6.45, 7) is 0. The molecular weight excluding hydrogens is 243 g/mol. The Bertz CT molecular complexity index is 609. The lowest BCUT2D eigenvalue weighted by Gasteiger charge is -2.06. The van der Waals surface area contributed by atoms with Gasteiger partial charge in [0.05, 0.1) is 12.8 Å². The van der Waals surface area contributed by atoms with Crippen LogP contribution in [0.4, 0.5) is 4.39 Å². The van der Waals surface area contributed by atoms with Gasteiger partial charge in [0, 0.05) is 5.56 Å². The number of aromatic nitrogens is 2. The first-order valence-electron chi connectivity index (χ1n) is 4.89. The van der Waals surface area contributed by atoms with Crippen molar-refractivity contribution in [2.75, 3.05) is 7.11 Å². The molecule has 0 bridgehead atoms. The number of hydrogen-bond acceptors (Lipinski definition) is 4. The number of nitrogens with zero attached hydrogens (tertiary/aromatic N) is 1. The Hall–Kier alpha value is -2.57. The Morgan fingerprint density at radius 3 is 2.78 bits per heavy atom. The van der Waals surface area contributed by atoms with E-state index >= 15 is 0 Å². The fourth-order valence-electron chi connectivity index (χ4n) is 1.48. The number of phenolic OH excluding ortho intramolecular Hbond substituents is 1. The molecule has 1 heterocycles. The third kappa shape index (κ3) is 1.86.